The first kappa shape index (κ1) is 16.1. The van der Waals surface area contributed by atoms with Gasteiger partial charge in [0.2, 0.25) is 0 Å². The fourth-order valence-corrected chi connectivity index (χ4v) is 4.06. The topological polar surface area (TPSA) is 51.2 Å². The highest BCUT2D eigenvalue weighted by Gasteiger charge is 2.24. The van der Waals surface area contributed by atoms with Crippen molar-refractivity contribution in [1.82, 2.24) is 4.98 Å². The van der Waals surface area contributed by atoms with E-state index in [-0.39, 0.29) is 5.91 Å². The van der Waals surface area contributed by atoms with Gasteiger partial charge in [-0.15, -0.1) is 11.3 Å². The second-order valence-corrected chi connectivity index (χ2v) is 6.91. The van der Waals surface area contributed by atoms with Crippen LogP contribution in [0, 0.1) is 0 Å². The van der Waals surface area contributed by atoms with Crippen LogP contribution >= 0.6 is 11.3 Å². The van der Waals surface area contributed by atoms with Crippen molar-refractivity contribution < 1.29 is 9.53 Å². The number of carbonyl (C=O) groups is 1. The number of aromatic nitrogens is 1. The van der Waals surface area contributed by atoms with E-state index in [9.17, 15) is 4.79 Å². The second-order valence-electron chi connectivity index (χ2n) is 5.83. The Hall–Kier alpha value is -1.72. The van der Waals surface area contributed by atoms with Gasteiger partial charge in [0.1, 0.15) is 6.10 Å². The molecule has 1 heterocycles. The summed E-state index contributed by atoms with van der Waals surface area (Å²) >= 11 is 1.60. The number of amides is 1. The summed E-state index contributed by atoms with van der Waals surface area (Å²) in [6.45, 7) is 4.18. The Balaban J connectivity index is 1.68. The molecule has 0 saturated heterocycles. The van der Waals surface area contributed by atoms with Crippen LogP contribution in [0.3, 0.4) is 0 Å². The van der Waals surface area contributed by atoms with Crippen LogP contribution in [-0.4, -0.2) is 23.6 Å². The van der Waals surface area contributed by atoms with Crippen LogP contribution in [0.15, 0.2) is 30.3 Å². The first-order valence-electron chi connectivity index (χ1n) is 8.13. The van der Waals surface area contributed by atoms with Crippen molar-refractivity contribution in [3.05, 3.63) is 46.5 Å². The number of aryl methyl sites for hydroxylation is 1. The van der Waals surface area contributed by atoms with Crippen molar-refractivity contribution in [2.75, 3.05) is 11.9 Å². The molecule has 1 amide bonds. The lowest BCUT2D eigenvalue weighted by molar-refractivity contribution is -0.126. The van der Waals surface area contributed by atoms with E-state index in [2.05, 4.69) is 40.6 Å². The second kappa shape index (κ2) is 7.23. The number of nitrogens with one attached hydrogen (secondary N) is 1. The van der Waals surface area contributed by atoms with Gasteiger partial charge in [0.25, 0.3) is 5.91 Å². The molecule has 23 heavy (non-hydrogen) atoms. The minimum absolute atomic E-state index is 0.127. The zero-order chi connectivity index (χ0) is 16.2. The van der Waals surface area contributed by atoms with E-state index in [4.69, 9.17) is 4.74 Å². The Kier molecular flexibility index (Phi) is 5.08. The smallest absolute Gasteiger partial charge is 0.254 e. The van der Waals surface area contributed by atoms with Crippen LogP contribution < -0.4 is 5.32 Å². The lowest BCUT2D eigenvalue weighted by Crippen LogP contribution is -2.27. The van der Waals surface area contributed by atoms with E-state index < -0.39 is 6.10 Å². The van der Waals surface area contributed by atoms with Crippen molar-refractivity contribution in [3.8, 4) is 0 Å². The van der Waals surface area contributed by atoms with E-state index in [0.29, 0.717) is 17.7 Å². The van der Waals surface area contributed by atoms with Crippen molar-refractivity contribution >= 4 is 22.4 Å². The Morgan fingerprint density at radius 3 is 2.96 bits per heavy atom. The third kappa shape index (κ3) is 3.79. The van der Waals surface area contributed by atoms with E-state index in [1.807, 2.05) is 6.92 Å². The van der Waals surface area contributed by atoms with Gasteiger partial charge in [-0.05, 0) is 44.6 Å². The molecule has 0 aliphatic heterocycles. The summed E-state index contributed by atoms with van der Waals surface area (Å²) in [7, 11) is 0. The zero-order valence-electron chi connectivity index (χ0n) is 13.5. The van der Waals surface area contributed by atoms with Crippen LogP contribution in [0.1, 0.15) is 42.3 Å². The van der Waals surface area contributed by atoms with Gasteiger partial charge in [-0.25, -0.2) is 4.98 Å². The number of hydrogen-bond acceptors (Lipinski definition) is 4. The minimum atomic E-state index is -0.446. The van der Waals surface area contributed by atoms with Gasteiger partial charge in [-0.1, -0.05) is 30.3 Å². The molecular formula is C18H22N2O2S. The highest BCUT2D eigenvalue weighted by Crippen LogP contribution is 2.36. The minimum Gasteiger partial charge on any atom is -0.369 e. The summed E-state index contributed by atoms with van der Waals surface area (Å²) in [5.74, 6) is 0.424. The van der Waals surface area contributed by atoms with Gasteiger partial charge in [0.05, 0.1) is 5.69 Å². The maximum Gasteiger partial charge on any atom is 0.254 e. The number of fused-ring (bicyclic) bond motifs is 1. The van der Waals surface area contributed by atoms with Crippen molar-refractivity contribution in [3.63, 3.8) is 0 Å². The van der Waals surface area contributed by atoms with Crippen LogP contribution in [0.5, 0.6) is 0 Å². The van der Waals surface area contributed by atoms with E-state index in [0.717, 1.165) is 25.0 Å². The fourth-order valence-electron chi connectivity index (χ4n) is 2.97. The quantitative estimate of drug-likeness (QED) is 0.908. The predicted molar refractivity (Wildman–Crippen MR) is 93.0 cm³/mol. The van der Waals surface area contributed by atoms with Crippen molar-refractivity contribution in [1.29, 1.82) is 0 Å². The number of benzene rings is 1. The average Bonchev–Trinajstić information content (AvgIpc) is 2.97. The molecule has 0 unspecified atom stereocenters. The van der Waals surface area contributed by atoms with Crippen LogP contribution in [0.25, 0.3) is 0 Å². The number of thiazole rings is 1. The molecule has 1 N–H and O–H groups in total. The molecule has 1 aliphatic rings. The summed E-state index contributed by atoms with van der Waals surface area (Å²) in [6, 6.07) is 10.6. The molecule has 1 aliphatic carbocycles. The number of rotatable bonds is 5. The molecule has 0 saturated carbocycles. The molecule has 3 rings (SSSR count). The number of hydrogen-bond donors (Lipinski definition) is 1. The van der Waals surface area contributed by atoms with E-state index >= 15 is 0 Å². The van der Waals surface area contributed by atoms with Crippen LogP contribution in [-0.2, 0) is 22.4 Å². The van der Waals surface area contributed by atoms with Gasteiger partial charge in [0.15, 0.2) is 5.13 Å². The highest BCUT2D eigenvalue weighted by atomic mass is 32.1. The lowest BCUT2D eigenvalue weighted by atomic mass is 9.85. The van der Waals surface area contributed by atoms with Crippen LogP contribution in [0.4, 0.5) is 5.13 Å². The maximum absolute atomic E-state index is 12.0. The van der Waals surface area contributed by atoms with Gasteiger partial charge in [-0.3, -0.25) is 10.1 Å². The standard InChI is InChI=1S/C18H22N2O2S/c1-3-22-12(2)17(21)20-18-19-15-10-9-14(11-16(15)23-18)13-7-5-4-6-8-13/h4-8,12,14H,3,9-11H2,1-2H3,(H,19,20,21)/t12-,14-/m1/s1. The molecule has 5 heteroatoms. The Labute approximate surface area is 140 Å². The number of nitrogens with zero attached hydrogens (tertiary/aromatic N) is 1. The Bertz CT molecular complexity index is 669. The summed E-state index contributed by atoms with van der Waals surface area (Å²) in [5.41, 5.74) is 2.53. The molecule has 0 bridgehead atoms. The molecule has 4 nitrogen and oxygen atoms in total. The fraction of sp³-hybridized carbons (Fsp3) is 0.444. The van der Waals surface area contributed by atoms with Crippen molar-refractivity contribution in [2.45, 2.75) is 45.1 Å². The first-order valence-corrected chi connectivity index (χ1v) is 8.95. The Morgan fingerprint density at radius 1 is 1.43 bits per heavy atom. The van der Waals surface area contributed by atoms with E-state index in [1.165, 1.54) is 10.4 Å². The third-order valence-electron chi connectivity index (χ3n) is 4.23. The SMILES string of the molecule is CCO[C@H](C)C(=O)Nc1nc2c(s1)C[C@H](c1ccccc1)CC2. The Morgan fingerprint density at radius 2 is 2.22 bits per heavy atom. The van der Waals surface area contributed by atoms with Gasteiger partial charge in [-0.2, -0.15) is 0 Å². The normalized spacial score (nSPS) is 18.3. The molecule has 2 aromatic rings. The summed E-state index contributed by atoms with van der Waals surface area (Å²) < 4.78 is 5.32. The first-order chi connectivity index (χ1) is 11.2. The predicted octanol–water partition coefficient (Wildman–Crippen LogP) is 3.78. The lowest BCUT2D eigenvalue weighted by Gasteiger charge is -2.21. The molecular weight excluding hydrogens is 308 g/mol. The van der Waals surface area contributed by atoms with E-state index in [1.54, 1.807) is 18.3 Å². The van der Waals surface area contributed by atoms with Gasteiger partial charge >= 0.3 is 0 Å². The summed E-state index contributed by atoms with van der Waals surface area (Å²) in [4.78, 5) is 17.9. The van der Waals surface area contributed by atoms with Gasteiger partial charge in [0, 0.05) is 11.5 Å². The monoisotopic (exact) mass is 330 g/mol. The molecule has 1 aromatic heterocycles. The van der Waals surface area contributed by atoms with Crippen molar-refractivity contribution in [2.24, 2.45) is 0 Å². The molecule has 0 spiro atoms. The summed E-state index contributed by atoms with van der Waals surface area (Å²) in [5, 5.41) is 3.58. The average molecular weight is 330 g/mol. The zero-order valence-corrected chi connectivity index (χ0v) is 14.4. The maximum atomic E-state index is 12.0. The number of ether oxygens (including phenoxy) is 1. The molecule has 122 valence electrons. The molecule has 2 atom stereocenters. The largest absolute Gasteiger partial charge is 0.369 e. The third-order valence-corrected chi connectivity index (χ3v) is 5.26. The molecule has 1 aromatic carbocycles. The van der Waals surface area contributed by atoms with Gasteiger partial charge < -0.3 is 4.74 Å². The number of carbonyl (C=O) groups excluding carboxylic acids is 1. The highest BCUT2D eigenvalue weighted by molar-refractivity contribution is 7.15. The van der Waals surface area contributed by atoms with Crippen LogP contribution in [0.2, 0.25) is 0 Å². The summed E-state index contributed by atoms with van der Waals surface area (Å²) in [6.07, 6.45) is 2.65. The molecule has 0 fully saturated rings. The molecule has 0 radical (unpaired) electrons. The number of anilines is 1.